The van der Waals surface area contributed by atoms with Gasteiger partial charge in [0.15, 0.2) is 0 Å². The van der Waals surface area contributed by atoms with Crippen LogP contribution in [0.4, 0.5) is 0 Å². The standard InChI is InChI=1S/C54H37N/c1-5-13-38(14-6-1)40-21-25-42(26-22-40)46-31-32-50-49(35-46)36-48-30-29-47(43-27-23-41(24-28-43)39-15-7-2-8-16-39)37-51(48)54(50)55-52(44-17-9-3-10-18-44)33-34-53(55)45-19-11-4-12-20-45/h1-37H. The summed E-state index contributed by atoms with van der Waals surface area (Å²) in [5, 5.41) is 4.83. The monoisotopic (exact) mass is 699 g/mol. The minimum atomic E-state index is 1.16. The second-order valence-electron chi connectivity index (χ2n) is 14.2. The molecule has 0 radical (unpaired) electrons. The molecular weight excluding hydrogens is 663 g/mol. The maximum Gasteiger partial charge on any atom is 0.0619 e. The summed E-state index contributed by atoms with van der Waals surface area (Å²) in [7, 11) is 0. The van der Waals surface area contributed by atoms with Crippen LogP contribution in [0.25, 0.3) is 94.3 Å². The lowest BCUT2D eigenvalue weighted by Gasteiger charge is -2.20. The van der Waals surface area contributed by atoms with Crippen LogP contribution in [-0.4, -0.2) is 4.57 Å². The maximum atomic E-state index is 2.49. The van der Waals surface area contributed by atoms with Crippen LogP contribution in [0.3, 0.4) is 0 Å². The number of hydrogen-bond donors (Lipinski definition) is 0. The predicted molar refractivity (Wildman–Crippen MR) is 233 cm³/mol. The van der Waals surface area contributed by atoms with E-state index in [-0.39, 0.29) is 0 Å². The Morgan fingerprint density at radius 2 is 0.582 bits per heavy atom. The van der Waals surface area contributed by atoms with Crippen molar-refractivity contribution in [1.82, 2.24) is 4.57 Å². The lowest BCUT2D eigenvalue weighted by molar-refractivity contribution is 1.12. The van der Waals surface area contributed by atoms with Gasteiger partial charge in [0.05, 0.1) is 17.1 Å². The van der Waals surface area contributed by atoms with E-state index in [0.717, 1.165) is 11.4 Å². The van der Waals surface area contributed by atoms with Crippen molar-refractivity contribution in [1.29, 1.82) is 0 Å². The van der Waals surface area contributed by atoms with Gasteiger partial charge in [0.2, 0.25) is 0 Å². The van der Waals surface area contributed by atoms with Crippen molar-refractivity contribution < 1.29 is 0 Å². The van der Waals surface area contributed by atoms with E-state index in [1.165, 1.54) is 82.9 Å². The molecule has 0 fully saturated rings. The SMILES string of the molecule is c1ccc(-c2ccc(-c3ccc4c(-n5c(-c6ccccc6)ccc5-c5ccccc5)c5cc(-c6ccc(-c7ccccc7)cc6)ccc5cc4c3)cc2)cc1. The van der Waals surface area contributed by atoms with E-state index in [0.29, 0.717) is 0 Å². The highest BCUT2D eigenvalue weighted by Crippen LogP contribution is 2.42. The molecule has 0 aliphatic rings. The van der Waals surface area contributed by atoms with Gasteiger partial charge in [-0.1, -0.05) is 194 Å². The Morgan fingerprint density at radius 1 is 0.218 bits per heavy atom. The maximum absolute atomic E-state index is 2.49. The van der Waals surface area contributed by atoms with E-state index >= 15 is 0 Å². The summed E-state index contributed by atoms with van der Waals surface area (Å²) < 4.78 is 2.49. The predicted octanol–water partition coefficient (Wildman–Crippen LogP) is 14.8. The zero-order valence-corrected chi connectivity index (χ0v) is 30.3. The first kappa shape index (κ1) is 32.4. The molecule has 1 nitrogen and oxygen atoms in total. The molecule has 55 heavy (non-hydrogen) atoms. The van der Waals surface area contributed by atoms with Crippen LogP contribution < -0.4 is 0 Å². The number of nitrogens with zero attached hydrogens (tertiary/aromatic N) is 1. The zero-order valence-electron chi connectivity index (χ0n) is 30.3. The van der Waals surface area contributed by atoms with Gasteiger partial charge in [0, 0.05) is 10.8 Å². The van der Waals surface area contributed by atoms with Crippen molar-refractivity contribution >= 4 is 21.5 Å². The lowest BCUT2D eigenvalue weighted by Crippen LogP contribution is -2.02. The van der Waals surface area contributed by atoms with Crippen molar-refractivity contribution in [2.45, 2.75) is 0 Å². The third-order valence-corrected chi connectivity index (χ3v) is 10.8. The lowest BCUT2D eigenvalue weighted by atomic mass is 9.93. The van der Waals surface area contributed by atoms with Crippen LogP contribution in [0.1, 0.15) is 0 Å². The van der Waals surface area contributed by atoms with Crippen LogP contribution in [0.15, 0.2) is 224 Å². The van der Waals surface area contributed by atoms with E-state index in [1.807, 2.05) is 0 Å². The summed E-state index contributed by atoms with van der Waals surface area (Å²) in [5.74, 6) is 0. The van der Waals surface area contributed by atoms with Crippen molar-refractivity contribution in [3.8, 4) is 72.7 Å². The largest absolute Gasteiger partial charge is 0.308 e. The molecule has 0 bridgehead atoms. The molecule has 0 aliphatic heterocycles. The molecule has 0 atom stereocenters. The zero-order chi connectivity index (χ0) is 36.6. The van der Waals surface area contributed by atoms with Gasteiger partial charge in [-0.15, -0.1) is 0 Å². The van der Waals surface area contributed by atoms with Crippen molar-refractivity contribution in [3.05, 3.63) is 224 Å². The number of benzene rings is 9. The molecule has 0 N–H and O–H groups in total. The van der Waals surface area contributed by atoms with Gasteiger partial charge in [0.25, 0.3) is 0 Å². The topological polar surface area (TPSA) is 4.93 Å². The number of fused-ring (bicyclic) bond motifs is 2. The van der Waals surface area contributed by atoms with Gasteiger partial charge < -0.3 is 4.57 Å². The average molecular weight is 700 g/mol. The highest BCUT2D eigenvalue weighted by atomic mass is 15.0. The number of hydrogen-bond acceptors (Lipinski definition) is 0. The van der Waals surface area contributed by atoms with Gasteiger partial charge in [-0.25, -0.2) is 0 Å². The van der Waals surface area contributed by atoms with Crippen LogP contribution in [0.5, 0.6) is 0 Å². The van der Waals surface area contributed by atoms with E-state index in [9.17, 15) is 0 Å². The van der Waals surface area contributed by atoms with Crippen molar-refractivity contribution in [3.63, 3.8) is 0 Å². The molecule has 0 saturated carbocycles. The summed E-state index contributed by atoms with van der Waals surface area (Å²) in [6, 6.07) is 81.5. The van der Waals surface area contributed by atoms with Gasteiger partial charge in [-0.2, -0.15) is 0 Å². The Morgan fingerprint density at radius 3 is 1.05 bits per heavy atom. The van der Waals surface area contributed by atoms with Crippen LogP contribution >= 0.6 is 0 Å². The minimum absolute atomic E-state index is 1.16. The Hall–Kier alpha value is -7.22. The van der Waals surface area contributed by atoms with Gasteiger partial charge in [-0.3, -0.25) is 0 Å². The Balaban J connectivity index is 1.19. The molecule has 1 aromatic heterocycles. The molecule has 0 spiro atoms. The Labute approximate surface area is 322 Å². The van der Waals surface area contributed by atoms with E-state index in [4.69, 9.17) is 0 Å². The van der Waals surface area contributed by atoms with E-state index in [2.05, 4.69) is 229 Å². The first-order valence-corrected chi connectivity index (χ1v) is 18.9. The average Bonchev–Trinajstić information content (AvgIpc) is 3.71. The molecular formula is C54H37N. The molecule has 1 heteroatoms. The number of rotatable bonds is 7. The normalized spacial score (nSPS) is 11.3. The first-order valence-electron chi connectivity index (χ1n) is 18.9. The molecule has 10 aromatic rings. The fraction of sp³-hybridized carbons (Fsp3) is 0. The summed E-state index contributed by atoms with van der Waals surface area (Å²) in [4.78, 5) is 0. The minimum Gasteiger partial charge on any atom is -0.308 e. The molecule has 9 aromatic carbocycles. The Bertz CT molecular complexity index is 2850. The molecule has 0 saturated heterocycles. The highest BCUT2D eigenvalue weighted by Gasteiger charge is 2.20. The second kappa shape index (κ2) is 14.0. The van der Waals surface area contributed by atoms with Gasteiger partial charge >= 0.3 is 0 Å². The van der Waals surface area contributed by atoms with Crippen LogP contribution in [0, 0.1) is 0 Å². The smallest absolute Gasteiger partial charge is 0.0619 e. The summed E-state index contributed by atoms with van der Waals surface area (Å²) in [6.07, 6.45) is 0. The quantitative estimate of drug-likeness (QED) is 0.146. The fourth-order valence-electron chi connectivity index (χ4n) is 8.02. The second-order valence-corrected chi connectivity index (χ2v) is 14.2. The van der Waals surface area contributed by atoms with Gasteiger partial charge in [-0.05, 0) is 96.7 Å². The van der Waals surface area contributed by atoms with Crippen LogP contribution in [0.2, 0.25) is 0 Å². The summed E-state index contributed by atoms with van der Waals surface area (Å²) >= 11 is 0. The molecule has 0 unspecified atom stereocenters. The summed E-state index contributed by atoms with van der Waals surface area (Å²) in [5.41, 5.74) is 15.5. The molecule has 0 aliphatic carbocycles. The molecule has 258 valence electrons. The van der Waals surface area contributed by atoms with Crippen LogP contribution in [-0.2, 0) is 0 Å². The fourth-order valence-corrected chi connectivity index (χ4v) is 8.02. The first-order chi connectivity index (χ1) is 27.3. The molecule has 0 amide bonds. The third kappa shape index (κ3) is 6.12. The highest BCUT2D eigenvalue weighted by molar-refractivity contribution is 6.10. The third-order valence-electron chi connectivity index (χ3n) is 10.8. The molecule has 10 rings (SSSR count). The van der Waals surface area contributed by atoms with Crippen molar-refractivity contribution in [2.75, 3.05) is 0 Å². The van der Waals surface area contributed by atoms with Gasteiger partial charge in [0.1, 0.15) is 0 Å². The summed E-state index contributed by atoms with van der Waals surface area (Å²) in [6.45, 7) is 0. The van der Waals surface area contributed by atoms with E-state index < -0.39 is 0 Å². The Kier molecular flexibility index (Phi) is 8.24. The van der Waals surface area contributed by atoms with Crippen molar-refractivity contribution in [2.24, 2.45) is 0 Å². The molecule has 1 heterocycles. The number of aromatic nitrogens is 1. The van der Waals surface area contributed by atoms with E-state index in [1.54, 1.807) is 0 Å².